The molecule has 0 bridgehead atoms. The molecule has 0 radical (unpaired) electrons. The Kier molecular flexibility index (Phi) is 9.59. The van der Waals surface area contributed by atoms with Gasteiger partial charge in [-0.25, -0.2) is 0 Å². The molecule has 1 aliphatic carbocycles. The molecule has 1 aromatic carbocycles. The van der Waals surface area contributed by atoms with Crippen molar-refractivity contribution in [2.24, 2.45) is 5.92 Å². The monoisotopic (exact) mass is 528 g/mol. The minimum atomic E-state index is -0.676. The van der Waals surface area contributed by atoms with Crippen LogP contribution in [0.15, 0.2) is 30.3 Å². The normalized spacial score (nSPS) is 19.8. The summed E-state index contributed by atoms with van der Waals surface area (Å²) < 4.78 is 4.02. The number of nitrogens with one attached hydrogen (secondary N) is 3. The Hall–Kier alpha value is -2.89. The van der Waals surface area contributed by atoms with Crippen LogP contribution in [-0.4, -0.2) is 75.1 Å². The van der Waals surface area contributed by atoms with Gasteiger partial charge in [0.1, 0.15) is 22.8 Å². The summed E-state index contributed by atoms with van der Waals surface area (Å²) in [5, 5.41) is 22.7. The number of nitrogens with zero attached hydrogens (tertiary/aromatic N) is 3. The van der Waals surface area contributed by atoms with Gasteiger partial charge >= 0.3 is 0 Å². The van der Waals surface area contributed by atoms with E-state index in [1.807, 2.05) is 30.3 Å². The molecule has 1 saturated heterocycles. The number of hydrogen-bond acceptors (Lipinski definition) is 8. The van der Waals surface area contributed by atoms with E-state index in [4.69, 9.17) is 5.11 Å². The lowest BCUT2D eigenvalue weighted by atomic mass is 9.83. The van der Waals surface area contributed by atoms with E-state index in [9.17, 15) is 14.4 Å². The summed E-state index contributed by atoms with van der Waals surface area (Å²) in [7, 11) is 0. The molecule has 11 heteroatoms. The molecule has 1 aromatic heterocycles. The van der Waals surface area contributed by atoms with Gasteiger partial charge in [-0.05, 0) is 38.5 Å². The minimum absolute atomic E-state index is 0.0370. The largest absolute Gasteiger partial charge is 0.395 e. The van der Waals surface area contributed by atoms with Gasteiger partial charge in [-0.2, -0.15) is 0 Å². The fraction of sp³-hybridized carbons (Fsp3) is 0.577. The van der Waals surface area contributed by atoms with Crippen LogP contribution >= 0.6 is 11.5 Å². The number of anilines is 1. The van der Waals surface area contributed by atoms with E-state index in [-0.39, 0.29) is 30.2 Å². The summed E-state index contributed by atoms with van der Waals surface area (Å²) in [5.74, 6) is -0.700. The molecule has 3 atom stereocenters. The number of hydrogen-bond donors (Lipinski definition) is 4. The highest BCUT2D eigenvalue weighted by Crippen LogP contribution is 2.31. The Morgan fingerprint density at radius 1 is 1.11 bits per heavy atom. The first kappa shape index (κ1) is 27.2. The van der Waals surface area contributed by atoms with Crippen LogP contribution in [0, 0.1) is 5.92 Å². The number of carbonyl (C=O) groups is 3. The van der Waals surface area contributed by atoms with Crippen molar-refractivity contribution in [1.82, 2.24) is 25.1 Å². The van der Waals surface area contributed by atoms with Crippen LogP contribution in [0.5, 0.6) is 0 Å². The van der Waals surface area contributed by atoms with Crippen molar-refractivity contribution < 1.29 is 19.5 Å². The van der Waals surface area contributed by atoms with Crippen molar-refractivity contribution in [3.63, 3.8) is 0 Å². The Morgan fingerprint density at radius 3 is 2.59 bits per heavy atom. The molecular weight excluding hydrogens is 492 g/mol. The molecule has 4 rings (SSSR count). The maximum Gasteiger partial charge on any atom is 0.247 e. The van der Waals surface area contributed by atoms with E-state index in [2.05, 4.69) is 25.5 Å². The third-order valence-electron chi connectivity index (χ3n) is 7.25. The van der Waals surface area contributed by atoms with Crippen LogP contribution in [0.1, 0.15) is 51.9 Å². The summed E-state index contributed by atoms with van der Waals surface area (Å²) in [6.07, 6.45) is 6.18. The molecule has 4 N–H and O–H groups in total. The fourth-order valence-electron chi connectivity index (χ4n) is 5.24. The van der Waals surface area contributed by atoms with Gasteiger partial charge in [-0.3, -0.25) is 14.4 Å². The molecule has 10 nitrogen and oxygen atoms in total. The topological polar surface area (TPSA) is 137 Å². The predicted molar refractivity (Wildman–Crippen MR) is 142 cm³/mol. The van der Waals surface area contributed by atoms with Crippen molar-refractivity contribution in [2.45, 2.75) is 70.0 Å². The highest BCUT2D eigenvalue weighted by molar-refractivity contribution is 7.10. The lowest BCUT2D eigenvalue weighted by Crippen LogP contribution is -2.58. The van der Waals surface area contributed by atoms with Gasteiger partial charge in [0.25, 0.3) is 0 Å². The van der Waals surface area contributed by atoms with Crippen LogP contribution in [-0.2, 0) is 14.4 Å². The number of likely N-dealkylation sites (tertiary alicyclic amines) is 1. The maximum atomic E-state index is 13.9. The second-order valence-corrected chi connectivity index (χ2v) is 10.5. The van der Waals surface area contributed by atoms with E-state index in [1.165, 1.54) is 0 Å². The molecule has 1 aliphatic heterocycles. The molecule has 37 heavy (non-hydrogen) atoms. The van der Waals surface area contributed by atoms with Crippen LogP contribution in [0.2, 0.25) is 0 Å². The molecule has 0 spiro atoms. The van der Waals surface area contributed by atoms with Crippen LogP contribution in [0.4, 0.5) is 5.00 Å². The van der Waals surface area contributed by atoms with Crippen LogP contribution in [0.3, 0.4) is 0 Å². The standard InChI is InChI=1S/C26H36N6O4S/c1-17(27-14-16-33)23(34)28-22(19-11-6-3-7-12-19)26(36)32-15-8-13-20(32)24(35)29-25-21(30-31-37-25)18-9-4-2-5-10-18/h2,4-5,9-10,17,19-20,22,27,33H,3,6-8,11-16H2,1H3,(H,28,34)(H,29,35)/t17-,20+,22+/m1/s1. The van der Waals surface area contributed by atoms with E-state index in [1.54, 1.807) is 11.8 Å². The van der Waals surface area contributed by atoms with E-state index >= 15 is 0 Å². The maximum absolute atomic E-state index is 13.9. The first-order chi connectivity index (χ1) is 18.0. The molecule has 2 fully saturated rings. The van der Waals surface area contributed by atoms with Gasteiger partial charge < -0.3 is 26.0 Å². The van der Waals surface area contributed by atoms with Crippen molar-refractivity contribution in [1.29, 1.82) is 0 Å². The first-order valence-corrected chi connectivity index (χ1v) is 13.9. The summed E-state index contributed by atoms with van der Waals surface area (Å²) in [5.41, 5.74) is 1.46. The van der Waals surface area contributed by atoms with Gasteiger partial charge in [-0.1, -0.05) is 54.1 Å². The van der Waals surface area contributed by atoms with Crippen molar-refractivity contribution in [2.75, 3.05) is 25.0 Å². The number of carbonyl (C=O) groups excluding carboxylic acids is 3. The third kappa shape index (κ3) is 6.71. The van der Waals surface area contributed by atoms with Gasteiger partial charge in [0.15, 0.2) is 0 Å². The Labute approximate surface area is 221 Å². The summed E-state index contributed by atoms with van der Waals surface area (Å²) in [6.45, 7) is 2.41. The number of rotatable bonds is 10. The smallest absolute Gasteiger partial charge is 0.247 e. The fourth-order valence-corrected chi connectivity index (χ4v) is 5.83. The number of aliphatic hydroxyl groups is 1. The molecule has 2 aliphatic rings. The Morgan fingerprint density at radius 2 is 1.86 bits per heavy atom. The van der Waals surface area contributed by atoms with Gasteiger partial charge in [-0.15, -0.1) is 5.10 Å². The van der Waals surface area contributed by atoms with Gasteiger partial charge in [0.05, 0.1) is 12.6 Å². The van der Waals surface area contributed by atoms with Crippen LogP contribution in [0.25, 0.3) is 11.3 Å². The molecule has 0 unspecified atom stereocenters. The number of aliphatic hydroxyl groups excluding tert-OH is 1. The molecular formula is C26H36N6O4S. The summed E-state index contributed by atoms with van der Waals surface area (Å²) >= 11 is 1.11. The molecule has 2 aromatic rings. The zero-order valence-electron chi connectivity index (χ0n) is 21.2. The Bertz CT molecular complexity index is 1060. The molecule has 3 amide bonds. The quantitative estimate of drug-likeness (QED) is 0.371. The van der Waals surface area contributed by atoms with Gasteiger partial charge in [0, 0.05) is 30.2 Å². The van der Waals surface area contributed by atoms with E-state index < -0.39 is 18.1 Å². The molecule has 200 valence electrons. The lowest BCUT2D eigenvalue weighted by Gasteiger charge is -2.35. The number of benzene rings is 1. The van der Waals surface area contributed by atoms with Crippen molar-refractivity contribution in [3.8, 4) is 11.3 Å². The van der Waals surface area contributed by atoms with Crippen molar-refractivity contribution >= 4 is 34.3 Å². The zero-order chi connectivity index (χ0) is 26.2. The second-order valence-electron chi connectivity index (χ2n) is 9.78. The lowest BCUT2D eigenvalue weighted by molar-refractivity contribution is -0.142. The highest BCUT2D eigenvalue weighted by atomic mass is 32.1. The predicted octanol–water partition coefficient (Wildman–Crippen LogP) is 2.17. The molecule has 2 heterocycles. The van der Waals surface area contributed by atoms with E-state index in [0.717, 1.165) is 55.6 Å². The Balaban J connectivity index is 1.48. The number of aromatic nitrogens is 2. The summed E-state index contributed by atoms with van der Waals surface area (Å²) in [6, 6.07) is 7.69. The highest BCUT2D eigenvalue weighted by Gasteiger charge is 2.41. The summed E-state index contributed by atoms with van der Waals surface area (Å²) in [4.78, 5) is 41.8. The first-order valence-electron chi connectivity index (χ1n) is 13.1. The average Bonchev–Trinajstić information content (AvgIpc) is 3.61. The SMILES string of the molecule is C[C@@H](NCCO)C(=O)N[C@H](C(=O)N1CCC[C@H]1C(=O)Nc1snnc1-c1ccccc1)C1CCCCC1. The van der Waals surface area contributed by atoms with Crippen molar-refractivity contribution in [3.05, 3.63) is 30.3 Å². The van der Waals surface area contributed by atoms with Gasteiger partial charge in [0.2, 0.25) is 17.7 Å². The second kappa shape index (κ2) is 13.1. The molecule has 1 saturated carbocycles. The van der Waals surface area contributed by atoms with E-state index in [0.29, 0.717) is 30.2 Å². The van der Waals surface area contributed by atoms with Crippen LogP contribution < -0.4 is 16.0 Å². The average molecular weight is 529 g/mol. The zero-order valence-corrected chi connectivity index (χ0v) is 22.0. The minimum Gasteiger partial charge on any atom is -0.395 e. The third-order valence-corrected chi connectivity index (χ3v) is 7.89. The number of amides is 3.